The van der Waals surface area contributed by atoms with Gasteiger partial charge >= 0.3 is 5.97 Å². The Labute approximate surface area is 164 Å². The van der Waals surface area contributed by atoms with E-state index in [1.165, 1.54) is 25.0 Å². The minimum Gasteiger partial charge on any atom is -0.478 e. The van der Waals surface area contributed by atoms with Gasteiger partial charge in [-0.15, -0.1) is 0 Å². The summed E-state index contributed by atoms with van der Waals surface area (Å²) in [6, 6.07) is 12.3. The molecule has 0 saturated heterocycles. The molecule has 1 heterocycles. The number of nitrogens with zero attached hydrogens (tertiary/aromatic N) is 2. The van der Waals surface area contributed by atoms with Gasteiger partial charge in [0.2, 0.25) is 5.91 Å². The average Bonchev–Trinajstić information content (AvgIpc) is 3.21. The van der Waals surface area contributed by atoms with Crippen LogP contribution in [-0.4, -0.2) is 36.1 Å². The number of hydrogen-bond donors (Lipinski definition) is 1. The van der Waals surface area contributed by atoms with Crippen molar-refractivity contribution < 1.29 is 19.4 Å². The number of fused-ring (bicyclic) bond motifs is 1. The zero-order chi connectivity index (χ0) is 19.8. The largest absolute Gasteiger partial charge is 0.478 e. The van der Waals surface area contributed by atoms with Gasteiger partial charge in [-0.2, -0.15) is 0 Å². The van der Waals surface area contributed by atoms with Crippen LogP contribution in [0, 0.1) is 0 Å². The second-order valence-electron chi connectivity index (χ2n) is 7.50. The van der Waals surface area contributed by atoms with Crippen molar-refractivity contribution in [1.29, 1.82) is 0 Å². The van der Waals surface area contributed by atoms with Gasteiger partial charge in [-0.05, 0) is 56.2 Å². The molecule has 1 aliphatic carbocycles. The number of anilines is 2. The fourth-order valence-electron chi connectivity index (χ4n) is 4.28. The smallest absolute Gasteiger partial charge is 0.335 e. The van der Waals surface area contributed by atoms with E-state index in [9.17, 15) is 9.59 Å². The Bertz CT molecular complexity index is 903. The van der Waals surface area contributed by atoms with Crippen LogP contribution >= 0.6 is 0 Å². The number of likely N-dealkylation sites (N-methyl/N-ethyl adjacent to an activating group) is 1. The molecule has 1 aliphatic heterocycles. The third kappa shape index (κ3) is 3.19. The highest BCUT2D eigenvalue weighted by Gasteiger charge is 2.38. The molecule has 0 aromatic heterocycles. The summed E-state index contributed by atoms with van der Waals surface area (Å²) in [7, 11) is 1.81. The lowest BCUT2D eigenvalue weighted by molar-refractivity contribution is -0.119. The molecule has 28 heavy (non-hydrogen) atoms. The van der Waals surface area contributed by atoms with Crippen LogP contribution in [-0.2, 0) is 4.79 Å². The van der Waals surface area contributed by atoms with Crippen molar-refractivity contribution in [2.75, 3.05) is 16.8 Å². The number of hydrogen-bond acceptors (Lipinski definition) is 4. The first kappa shape index (κ1) is 18.3. The third-order valence-corrected chi connectivity index (χ3v) is 5.75. The maximum Gasteiger partial charge on any atom is 0.335 e. The Hall–Kier alpha value is -3.02. The lowest BCUT2D eigenvalue weighted by Gasteiger charge is -2.43. The molecule has 0 bridgehead atoms. The van der Waals surface area contributed by atoms with Crippen molar-refractivity contribution in [3.63, 3.8) is 0 Å². The highest BCUT2D eigenvalue weighted by atomic mass is 16.5. The zero-order valence-electron chi connectivity index (χ0n) is 16.1. The first-order valence-corrected chi connectivity index (χ1v) is 9.67. The molecule has 2 aliphatic rings. The van der Waals surface area contributed by atoms with E-state index in [0.29, 0.717) is 17.5 Å². The predicted octanol–water partition coefficient (Wildman–Crippen LogP) is 4.29. The van der Waals surface area contributed by atoms with Gasteiger partial charge < -0.3 is 19.6 Å². The Balaban J connectivity index is 1.67. The number of carboxylic acid groups (broad SMARTS) is 1. The van der Waals surface area contributed by atoms with Gasteiger partial charge in [0.25, 0.3) is 0 Å². The molecule has 0 unspecified atom stereocenters. The summed E-state index contributed by atoms with van der Waals surface area (Å²) < 4.78 is 5.96. The number of amides is 1. The minimum atomic E-state index is -0.964. The van der Waals surface area contributed by atoms with Crippen LogP contribution < -0.4 is 14.5 Å². The Morgan fingerprint density at radius 1 is 1.04 bits per heavy atom. The number of carbonyl (C=O) groups is 2. The van der Waals surface area contributed by atoms with E-state index in [-0.39, 0.29) is 17.5 Å². The van der Waals surface area contributed by atoms with Crippen LogP contribution in [0.2, 0.25) is 0 Å². The van der Waals surface area contributed by atoms with E-state index < -0.39 is 5.97 Å². The molecular formula is C22H24N2O4. The van der Waals surface area contributed by atoms with E-state index in [4.69, 9.17) is 9.84 Å². The quantitative estimate of drug-likeness (QED) is 0.857. The molecule has 1 fully saturated rings. The van der Waals surface area contributed by atoms with Crippen LogP contribution in [0.5, 0.6) is 11.5 Å². The second kappa shape index (κ2) is 7.19. The van der Waals surface area contributed by atoms with E-state index in [1.54, 1.807) is 17.0 Å². The number of aromatic carboxylic acids is 1. The second-order valence-corrected chi connectivity index (χ2v) is 7.50. The van der Waals surface area contributed by atoms with Crippen LogP contribution in [0.1, 0.15) is 43.0 Å². The highest BCUT2D eigenvalue weighted by Crippen LogP contribution is 2.42. The van der Waals surface area contributed by atoms with Crippen molar-refractivity contribution >= 4 is 23.3 Å². The molecule has 1 N–H and O–H groups in total. The van der Waals surface area contributed by atoms with Crippen molar-refractivity contribution in [1.82, 2.24) is 0 Å². The van der Waals surface area contributed by atoms with Gasteiger partial charge in [-0.1, -0.05) is 12.8 Å². The van der Waals surface area contributed by atoms with Gasteiger partial charge in [0, 0.05) is 19.2 Å². The van der Waals surface area contributed by atoms with Crippen molar-refractivity contribution in [2.24, 2.45) is 0 Å². The summed E-state index contributed by atoms with van der Waals surface area (Å²) in [4.78, 5) is 27.7. The molecule has 2 aromatic carbocycles. The van der Waals surface area contributed by atoms with Gasteiger partial charge in [-0.3, -0.25) is 4.79 Å². The van der Waals surface area contributed by atoms with Crippen LogP contribution in [0.15, 0.2) is 42.5 Å². The summed E-state index contributed by atoms with van der Waals surface area (Å²) in [6.45, 7) is 1.97. The lowest BCUT2D eigenvalue weighted by atomic mass is 10.0. The molecule has 4 rings (SSSR count). The lowest BCUT2D eigenvalue weighted by Crippen LogP contribution is -2.54. The molecule has 0 spiro atoms. The molecule has 2 aromatic rings. The number of ether oxygens (including phenoxy) is 1. The molecular weight excluding hydrogens is 356 g/mol. The van der Waals surface area contributed by atoms with Crippen LogP contribution in [0.25, 0.3) is 0 Å². The van der Waals surface area contributed by atoms with E-state index >= 15 is 0 Å². The normalized spacial score (nSPS) is 19.6. The standard InChI is InChI=1S/C22H24N2O4/c1-14-21(25)23(2)19-12-11-18(13-20(19)24(14)16-5-3-4-6-16)28-17-9-7-15(8-10-17)22(26)27/h7-14,16H,3-6H2,1-2H3,(H,26,27)/t14-/m1/s1. The molecule has 6 heteroatoms. The molecule has 1 saturated carbocycles. The summed E-state index contributed by atoms with van der Waals surface area (Å²) in [5, 5.41) is 9.02. The molecule has 1 atom stereocenters. The van der Waals surface area contributed by atoms with Crippen LogP contribution in [0.3, 0.4) is 0 Å². The van der Waals surface area contributed by atoms with E-state index in [0.717, 1.165) is 24.2 Å². The third-order valence-electron chi connectivity index (χ3n) is 5.75. The van der Waals surface area contributed by atoms with Gasteiger partial charge in [0.05, 0.1) is 16.9 Å². The van der Waals surface area contributed by atoms with E-state index in [2.05, 4.69) is 4.90 Å². The van der Waals surface area contributed by atoms with Crippen molar-refractivity contribution in [2.45, 2.75) is 44.7 Å². The SMILES string of the molecule is C[C@@H]1C(=O)N(C)c2ccc(Oc3ccc(C(=O)O)cc3)cc2N1C1CCCC1. The van der Waals surface area contributed by atoms with Gasteiger partial charge in [0.1, 0.15) is 17.5 Å². The fraction of sp³-hybridized carbons (Fsp3) is 0.364. The number of carbonyl (C=O) groups excluding carboxylic acids is 1. The maximum atomic E-state index is 12.7. The monoisotopic (exact) mass is 380 g/mol. The molecule has 1 amide bonds. The predicted molar refractivity (Wildman–Crippen MR) is 108 cm³/mol. The molecule has 0 radical (unpaired) electrons. The van der Waals surface area contributed by atoms with Crippen molar-refractivity contribution in [3.8, 4) is 11.5 Å². The van der Waals surface area contributed by atoms with Crippen LogP contribution in [0.4, 0.5) is 11.4 Å². The number of rotatable bonds is 4. The fourth-order valence-corrected chi connectivity index (χ4v) is 4.28. The maximum absolute atomic E-state index is 12.7. The zero-order valence-corrected chi connectivity index (χ0v) is 16.1. The molecule has 6 nitrogen and oxygen atoms in total. The Morgan fingerprint density at radius 2 is 1.68 bits per heavy atom. The number of benzene rings is 2. The first-order chi connectivity index (χ1) is 13.5. The average molecular weight is 380 g/mol. The van der Waals surface area contributed by atoms with Gasteiger partial charge in [-0.25, -0.2) is 4.79 Å². The highest BCUT2D eigenvalue weighted by molar-refractivity contribution is 6.05. The topological polar surface area (TPSA) is 70.1 Å². The van der Waals surface area contributed by atoms with Crippen molar-refractivity contribution in [3.05, 3.63) is 48.0 Å². The summed E-state index contributed by atoms with van der Waals surface area (Å²) in [5.41, 5.74) is 2.13. The summed E-state index contributed by atoms with van der Waals surface area (Å²) in [5.74, 6) is 0.386. The Morgan fingerprint density at radius 3 is 2.32 bits per heavy atom. The van der Waals surface area contributed by atoms with E-state index in [1.807, 2.05) is 32.2 Å². The molecule has 146 valence electrons. The van der Waals surface area contributed by atoms with Gasteiger partial charge in [0.15, 0.2) is 0 Å². The summed E-state index contributed by atoms with van der Waals surface area (Å²) in [6.07, 6.45) is 4.59. The summed E-state index contributed by atoms with van der Waals surface area (Å²) >= 11 is 0. The first-order valence-electron chi connectivity index (χ1n) is 9.67. The Kier molecular flexibility index (Phi) is 4.71. The minimum absolute atomic E-state index is 0.109. The number of carboxylic acids is 1.